The molecule has 0 aliphatic carbocycles. The Bertz CT molecular complexity index is 1420. The van der Waals surface area contributed by atoms with E-state index >= 15 is 0 Å². The molecule has 2 N–H and O–H groups in total. The average molecular weight is 500 g/mol. The lowest BCUT2D eigenvalue weighted by molar-refractivity contribution is 0.00395. The van der Waals surface area contributed by atoms with E-state index in [1.165, 1.54) is 0 Å². The maximum atomic E-state index is 13.0. The molecule has 0 bridgehead atoms. The van der Waals surface area contributed by atoms with E-state index in [-0.39, 0.29) is 18.2 Å². The first kappa shape index (κ1) is 24.5. The Morgan fingerprint density at radius 2 is 1.68 bits per heavy atom. The quantitative estimate of drug-likeness (QED) is 0.436. The number of aromatic nitrogens is 4. The van der Waals surface area contributed by atoms with Crippen molar-refractivity contribution >= 4 is 23.1 Å². The molecule has 2 atom stereocenters. The molecule has 5 rings (SSSR count). The van der Waals surface area contributed by atoms with Crippen molar-refractivity contribution in [2.24, 2.45) is 0 Å². The van der Waals surface area contributed by atoms with Gasteiger partial charge in [0.2, 0.25) is 0 Å². The minimum absolute atomic E-state index is 0.104. The van der Waals surface area contributed by atoms with Crippen LogP contribution in [0.5, 0.6) is 0 Å². The molecule has 0 unspecified atom stereocenters. The highest BCUT2D eigenvalue weighted by molar-refractivity contribution is 5.83. The van der Waals surface area contributed by atoms with Crippen LogP contribution in [-0.4, -0.2) is 61.4 Å². The number of imidazole rings is 1. The molecule has 1 fully saturated rings. The zero-order valence-corrected chi connectivity index (χ0v) is 21.9. The molecule has 9 nitrogen and oxygen atoms in total. The maximum Gasteiger partial charge on any atom is 0.410 e. The summed E-state index contributed by atoms with van der Waals surface area (Å²) in [5.41, 5.74) is 9.83. The molecule has 1 saturated heterocycles. The SMILES string of the molecule is C[C@H]1CN(n2c(-c3cccnc3N)nc3ccc(-c4ccccc4)nc32)C[C@H](C)N1C(=O)OC(C)(C)C. The summed E-state index contributed by atoms with van der Waals surface area (Å²) in [4.78, 5) is 29.1. The molecule has 0 saturated carbocycles. The van der Waals surface area contributed by atoms with E-state index in [9.17, 15) is 4.79 Å². The van der Waals surface area contributed by atoms with Gasteiger partial charge >= 0.3 is 6.09 Å². The number of piperazine rings is 1. The number of amides is 1. The summed E-state index contributed by atoms with van der Waals surface area (Å²) >= 11 is 0. The first-order valence-electron chi connectivity index (χ1n) is 12.5. The summed E-state index contributed by atoms with van der Waals surface area (Å²) in [5.74, 6) is 1.07. The Labute approximate surface area is 216 Å². The van der Waals surface area contributed by atoms with Crippen molar-refractivity contribution in [3.8, 4) is 22.6 Å². The van der Waals surface area contributed by atoms with Gasteiger partial charge < -0.3 is 15.5 Å². The fourth-order valence-corrected chi connectivity index (χ4v) is 4.90. The molecule has 37 heavy (non-hydrogen) atoms. The molecule has 0 radical (unpaired) electrons. The lowest BCUT2D eigenvalue weighted by Crippen LogP contribution is -2.62. The van der Waals surface area contributed by atoms with Gasteiger partial charge in [0.1, 0.15) is 16.9 Å². The third-order valence-electron chi connectivity index (χ3n) is 6.42. The highest BCUT2D eigenvalue weighted by atomic mass is 16.6. The highest BCUT2D eigenvalue weighted by Gasteiger charge is 2.37. The van der Waals surface area contributed by atoms with Crippen LogP contribution in [0.15, 0.2) is 60.8 Å². The number of carbonyl (C=O) groups is 1. The van der Waals surface area contributed by atoms with Crippen LogP contribution < -0.4 is 10.7 Å². The molecule has 1 aromatic carbocycles. The van der Waals surface area contributed by atoms with Gasteiger partial charge in [-0.25, -0.2) is 24.4 Å². The molecule has 0 spiro atoms. The Hall–Kier alpha value is -4.14. The van der Waals surface area contributed by atoms with E-state index in [0.29, 0.717) is 24.7 Å². The number of rotatable bonds is 3. The van der Waals surface area contributed by atoms with E-state index < -0.39 is 5.60 Å². The largest absolute Gasteiger partial charge is 0.444 e. The van der Waals surface area contributed by atoms with Crippen molar-refractivity contribution in [1.29, 1.82) is 0 Å². The van der Waals surface area contributed by atoms with E-state index in [2.05, 4.69) is 9.99 Å². The standard InChI is InChI=1S/C28H33N7O2/c1-18-16-33(17-19(2)34(18)27(36)37-28(3,4)5)35-25(21-12-9-15-30-24(21)29)32-23-14-13-22(31-26(23)35)20-10-7-6-8-11-20/h6-15,18-19H,16-17H2,1-5H3,(H2,29,30)/t18-,19-/m0/s1. The van der Waals surface area contributed by atoms with Gasteiger partial charge in [-0.1, -0.05) is 30.3 Å². The van der Waals surface area contributed by atoms with Crippen LogP contribution in [-0.2, 0) is 4.74 Å². The molecule has 1 amide bonds. The maximum absolute atomic E-state index is 13.0. The van der Waals surface area contributed by atoms with Crippen molar-refractivity contribution < 1.29 is 9.53 Å². The van der Waals surface area contributed by atoms with Crippen molar-refractivity contribution in [3.05, 3.63) is 60.8 Å². The zero-order valence-electron chi connectivity index (χ0n) is 21.9. The minimum Gasteiger partial charge on any atom is -0.444 e. The lowest BCUT2D eigenvalue weighted by Gasteiger charge is -2.45. The number of hydrogen-bond donors (Lipinski definition) is 1. The van der Waals surface area contributed by atoms with Crippen LogP contribution in [0.4, 0.5) is 10.6 Å². The van der Waals surface area contributed by atoms with Gasteiger partial charge in [0, 0.05) is 11.8 Å². The van der Waals surface area contributed by atoms with Crippen molar-refractivity contribution in [3.63, 3.8) is 0 Å². The van der Waals surface area contributed by atoms with Crippen LogP contribution in [0.2, 0.25) is 0 Å². The second-order valence-electron chi connectivity index (χ2n) is 10.5. The summed E-state index contributed by atoms with van der Waals surface area (Å²) in [6.07, 6.45) is 1.37. The Morgan fingerprint density at radius 3 is 2.32 bits per heavy atom. The third kappa shape index (κ3) is 4.81. The molecule has 4 heterocycles. The number of hydrogen-bond acceptors (Lipinski definition) is 7. The number of fused-ring (bicyclic) bond motifs is 1. The monoisotopic (exact) mass is 499 g/mol. The normalized spacial score (nSPS) is 18.3. The van der Waals surface area contributed by atoms with Crippen LogP contribution in [0.1, 0.15) is 34.6 Å². The molecule has 192 valence electrons. The van der Waals surface area contributed by atoms with Crippen LogP contribution in [0.3, 0.4) is 0 Å². The van der Waals surface area contributed by atoms with Gasteiger partial charge in [-0.2, -0.15) is 0 Å². The number of benzene rings is 1. The van der Waals surface area contributed by atoms with Gasteiger partial charge in [-0.05, 0) is 58.9 Å². The van der Waals surface area contributed by atoms with Gasteiger partial charge in [-0.3, -0.25) is 4.90 Å². The van der Waals surface area contributed by atoms with E-state index in [0.717, 1.165) is 28.0 Å². The second kappa shape index (κ2) is 9.38. The predicted octanol–water partition coefficient (Wildman–Crippen LogP) is 4.71. The first-order valence-corrected chi connectivity index (χ1v) is 12.5. The smallest absolute Gasteiger partial charge is 0.410 e. The summed E-state index contributed by atoms with van der Waals surface area (Å²) in [5, 5.41) is 2.19. The van der Waals surface area contributed by atoms with Crippen molar-refractivity contribution in [2.75, 3.05) is 23.8 Å². The van der Waals surface area contributed by atoms with E-state index in [4.69, 9.17) is 20.4 Å². The fraction of sp³-hybridized carbons (Fsp3) is 0.357. The number of pyridine rings is 2. The minimum atomic E-state index is -0.559. The van der Waals surface area contributed by atoms with Gasteiger partial charge in [-0.15, -0.1) is 0 Å². The number of nitrogens with two attached hydrogens (primary N) is 1. The zero-order chi connectivity index (χ0) is 26.3. The molecule has 9 heteroatoms. The van der Waals surface area contributed by atoms with Crippen LogP contribution >= 0.6 is 0 Å². The van der Waals surface area contributed by atoms with Crippen molar-refractivity contribution in [1.82, 2.24) is 24.5 Å². The Morgan fingerprint density at radius 1 is 0.973 bits per heavy atom. The number of anilines is 1. The number of nitrogen functional groups attached to an aromatic ring is 1. The summed E-state index contributed by atoms with van der Waals surface area (Å²) in [6.45, 7) is 10.9. The summed E-state index contributed by atoms with van der Waals surface area (Å²) in [7, 11) is 0. The topological polar surface area (TPSA) is 102 Å². The molecule has 1 aliphatic heterocycles. The molecular formula is C28H33N7O2. The Balaban J connectivity index is 1.60. The van der Waals surface area contributed by atoms with E-state index in [1.54, 1.807) is 6.20 Å². The molecule has 3 aromatic heterocycles. The number of ether oxygens (including phenoxy) is 1. The second-order valence-corrected chi connectivity index (χ2v) is 10.5. The first-order chi connectivity index (χ1) is 17.6. The van der Waals surface area contributed by atoms with Gasteiger partial charge in [0.15, 0.2) is 11.5 Å². The highest BCUT2D eigenvalue weighted by Crippen LogP contribution is 2.31. The van der Waals surface area contributed by atoms with Gasteiger partial charge in [0.25, 0.3) is 0 Å². The third-order valence-corrected chi connectivity index (χ3v) is 6.42. The summed E-state index contributed by atoms with van der Waals surface area (Å²) < 4.78 is 7.74. The summed E-state index contributed by atoms with van der Waals surface area (Å²) in [6, 6.07) is 17.6. The molecule has 1 aliphatic rings. The number of carbonyl (C=O) groups excluding carboxylic acids is 1. The predicted molar refractivity (Wildman–Crippen MR) is 146 cm³/mol. The molecular weight excluding hydrogens is 466 g/mol. The van der Waals surface area contributed by atoms with Crippen LogP contribution in [0, 0.1) is 0 Å². The van der Waals surface area contributed by atoms with Gasteiger partial charge in [0.05, 0.1) is 36.4 Å². The average Bonchev–Trinajstić information content (AvgIpc) is 3.22. The molecule has 4 aromatic rings. The van der Waals surface area contributed by atoms with E-state index in [1.807, 2.05) is 98.8 Å². The Kier molecular flexibility index (Phi) is 6.23. The van der Waals surface area contributed by atoms with Crippen LogP contribution in [0.25, 0.3) is 33.8 Å². The number of nitrogens with zero attached hydrogens (tertiary/aromatic N) is 6. The lowest BCUT2D eigenvalue weighted by atomic mass is 10.1. The fourth-order valence-electron chi connectivity index (χ4n) is 4.90. The van der Waals surface area contributed by atoms with Crippen molar-refractivity contribution in [2.45, 2.75) is 52.3 Å².